The van der Waals surface area contributed by atoms with Gasteiger partial charge in [0.1, 0.15) is 5.82 Å². The van der Waals surface area contributed by atoms with E-state index >= 15 is 0 Å². The van der Waals surface area contributed by atoms with Gasteiger partial charge in [-0.25, -0.2) is 14.8 Å². The van der Waals surface area contributed by atoms with Crippen LogP contribution in [0.2, 0.25) is 0 Å². The highest BCUT2D eigenvalue weighted by atomic mass is 16.1. The van der Waals surface area contributed by atoms with Gasteiger partial charge in [0.15, 0.2) is 5.82 Å². The average Bonchev–Trinajstić information content (AvgIpc) is 3.49. The molecule has 0 fully saturated rings. The van der Waals surface area contributed by atoms with Gasteiger partial charge in [0.25, 0.3) is 0 Å². The molecule has 32 heavy (non-hydrogen) atoms. The van der Waals surface area contributed by atoms with Crippen LogP contribution in [0, 0.1) is 0 Å². The van der Waals surface area contributed by atoms with Crippen LogP contribution in [0.3, 0.4) is 0 Å². The van der Waals surface area contributed by atoms with E-state index in [9.17, 15) is 4.79 Å². The summed E-state index contributed by atoms with van der Waals surface area (Å²) in [5.41, 5.74) is 3.73. The van der Waals surface area contributed by atoms with Gasteiger partial charge >= 0.3 is 0 Å². The number of ketones is 1. The molecule has 0 radical (unpaired) electrons. The molecule has 0 bridgehead atoms. The van der Waals surface area contributed by atoms with E-state index in [0.717, 1.165) is 54.0 Å². The average molecular weight is 431 g/mol. The van der Waals surface area contributed by atoms with Crippen LogP contribution < -0.4 is 0 Å². The van der Waals surface area contributed by atoms with Crippen molar-refractivity contribution in [2.24, 2.45) is 0 Å². The first-order valence-electron chi connectivity index (χ1n) is 10.9. The smallest absolute Gasteiger partial charge is 0.217 e. The van der Waals surface area contributed by atoms with Crippen molar-refractivity contribution in [2.45, 2.75) is 52.5 Å². The van der Waals surface area contributed by atoms with Crippen LogP contribution in [0.15, 0.2) is 42.6 Å². The molecule has 4 aromatic rings. The van der Waals surface area contributed by atoms with Gasteiger partial charge in [-0.05, 0) is 34.9 Å². The standard InChI is InChI=1S/C23H26N8O/c1-3-5-13-31-21(25-23(28-31)20(32)8-4-2)14-17-12-11-16(15-24-17)18-9-6-7-10-19(18)22-26-29-30-27-22/h6-7,9-12,15H,3-5,8,13-14H2,1-2H3,(H,26,27,29,30). The Kier molecular flexibility index (Phi) is 6.74. The minimum atomic E-state index is -0.00850. The number of rotatable bonds is 10. The summed E-state index contributed by atoms with van der Waals surface area (Å²) in [6, 6.07) is 11.9. The topological polar surface area (TPSA) is 115 Å². The zero-order valence-electron chi connectivity index (χ0n) is 18.3. The molecule has 3 heterocycles. The van der Waals surface area contributed by atoms with Crippen molar-refractivity contribution in [1.29, 1.82) is 0 Å². The Bertz CT molecular complexity index is 1170. The number of hydrogen-bond donors (Lipinski definition) is 1. The first-order valence-corrected chi connectivity index (χ1v) is 10.9. The zero-order valence-corrected chi connectivity index (χ0v) is 18.3. The third kappa shape index (κ3) is 4.77. The van der Waals surface area contributed by atoms with E-state index in [4.69, 9.17) is 0 Å². The predicted molar refractivity (Wildman–Crippen MR) is 120 cm³/mol. The molecule has 0 aliphatic rings. The maximum absolute atomic E-state index is 12.3. The molecule has 0 aliphatic heterocycles. The van der Waals surface area contributed by atoms with Crippen molar-refractivity contribution in [3.8, 4) is 22.5 Å². The van der Waals surface area contributed by atoms with E-state index in [1.165, 1.54) is 0 Å². The fraction of sp³-hybridized carbons (Fsp3) is 0.348. The van der Waals surface area contributed by atoms with Crippen molar-refractivity contribution in [3.05, 3.63) is 59.9 Å². The lowest BCUT2D eigenvalue weighted by atomic mass is 10.0. The summed E-state index contributed by atoms with van der Waals surface area (Å²) < 4.78 is 1.86. The molecule has 3 aromatic heterocycles. The monoisotopic (exact) mass is 430 g/mol. The van der Waals surface area contributed by atoms with E-state index in [2.05, 4.69) is 42.6 Å². The summed E-state index contributed by atoms with van der Waals surface area (Å²) in [5.74, 6) is 1.68. The minimum absolute atomic E-state index is 0.00850. The number of nitrogens with one attached hydrogen (secondary N) is 1. The number of nitrogens with zero attached hydrogens (tertiary/aromatic N) is 7. The summed E-state index contributed by atoms with van der Waals surface area (Å²) in [4.78, 5) is 21.5. The summed E-state index contributed by atoms with van der Waals surface area (Å²) in [7, 11) is 0. The summed E-state index contributed by atoms with van der Waals surface area (Å²) in [6.45, 7) is 4.86. The highest BCUT2D eigenvalue weighted by molar-refractivity contribution is 5.92. The van der Waals surface area contributed by atoms with Crippen LogP contribution in [0.5, 0.6) is 0 Å². The second-order valence-corrected chi connectivity index (χ2v) is 7.61. The number of aromatic amines is 1. The number of unbranched alkanes of at least 4 members (excludes halogenated alkanes) is 1. The van der Waals surface area contributed by atoms with Crippen LogP contribution in [0.1, 0.15) is 61.7 Å². The Balaban J connectivity index is 1.58. The molecule has 164 valence electrons. The number of hydrogen-bond acceptors (Lipinski definition) is 7. The van der Waals surface area contributed by atoms with Crippen LogP contribution in [-0.2, 0) is 13.0 Å². The zero-order chi connectivity index (χ0) is 22.3. The molecule has 4 rings (SSSR count). The van der Waals surface area contributed by atoms with Crippen molar-refractivity contribution in [1.82, 2.24) is 40.4 Å². The van der Waals surface area contributed by atoms with Gasteiger partial charge < -0.3 is 0 Å². The van der Waals surface area contributed by atoms with Crippen molar-refractivity contribution in [2.75, 3.05) is 0 Å². The Morgan fingerprint density at radius 2 is 1.91 bits per heavy atom. The van der Waals surface area contributed by atoms with Gasteiger partial charge in [-0.3, -0.25) is 9.78 Å². The molecule has 0 unspecified atom stereocenters. The van der Waals surface area contributed by atoms with Gasteiger partial charge in [0.2, 0.25) is 11.6 Å². The summed E-state index contributed by atoms with van der Waals surface area (Å²) in [5, 5.41) is 18.7. The first-order chi connectivity index (χ1) is 15.7. The van der Waals surface area contributed by atoms with Gasteiger partial charge in [-0.2, -0.15) is 0 Å². The van der Waals surface area contributed by atoms with Gasteiger partial charge in [-0.15, -0.1) is 10.2 Å². The number of carbonyl (C=O) groups is 1. The lowest BCUT2D eigenvalue weighted by Crippen LogP contribution is -2.07. The molecule has 9 heteroatoms. The van der Waals surface area contributed by atoms with Crippen LogP contribution in [0.4, 0.5) is 0 Å². The SMILES string of the molecule is CCCCn1nc(C(=O)CCC)nc1Cc1ccc(-c2ccccc2-c2nnn[nH]2)cn1. The molecule has 1 aromatic carbocycles. The lowest BCUT2D eigenvalue weighted by molar-refractivity contribution is 0.0971. The second kappa shape index (κ2) is 10.0. The third-order valence-corrected chi connectivity index (χ3v) is 5.20. The summed E-state index contributed by atoms with van der Waals surface area (Å²) in [6.07, 6.45) is 5.64. The van der Waals surface area contributed by atoms with E-state index < -0.39 is 0 Å². The molecule has 1 N–H and O–H groups in total. The number of aromatic nitrogens is 8. The Hall–Kier alpha value is -3.75. The van der Waals surface area contributed by atoms with E-state index in [0.29, 0.717) is 24.5 Å². The molecule has 9 nitrogen and oxygen atoms in total. The number of H-pyrrole nitrogens is 1. The quantitative estimate of drug-likeness (QED) is 0.379. The van der Waals surface area contributed by atoms with Crippen LogP contribution >= 0.6 is 0 Å². The van der Waals surface area contributed by atoms with Crippen molar-refractivity contribution >= 4 is 5.78 Å². The normalized spacial score (nSPS) is 11.1. The number of Topliss-reactive ketones (excluding diaryl/α,β-unsaturated/α-hetero) is 1. The van der Waals surface area contributed by atoms with Crippen LogP contribution in [-0.4, -0.2) is 46.2 Å². The molecule has 0 spiro atoms. The third-order valence-electron chi connectivity index (χ3n) is 5.20. The van der Waals surface area contributed by atoms with Gasteiger partial charge in [0.05, 0.1) is 0 Å². The molecule has 0 amide bonds. The lowest BCUT2D eigenvalue weighted by Gasteiger charge is -2.08. The van der Waals surface area contributed by atoms with Crippen molar-refractivity contribution < 1.29 is 4.79 Å². The molecule has 0 aliphatic carbocycles. The summed E-state index contributed by atoms with van der Waals surface area (Å²) >= 11 is 0. The molecule has 0 saturated heterocycles. The van der Waals surface area contributed by atoms with E-state index in [-0.39, 0.29) is 5.78 Å². The molecule has 0 saturated carbocycles. The number of benzene rings is 1. The largest absolute Gasteiger partial charge is 0.291 e. The highest BCUT2D eigenvalue weighted by Crippen LogP contribution is 2.29. The van der Waals surface area contributed by atoms with Gasteiger partial charge in [0, 0.05) is 42.4 Å². The fourth-order valence-electron chi connectivity index (χ4n) is 3.51. The second-order valence-electron chi connectivity index (χ2n) is 7.61. The first kappa shape index (κ1) is 21.5. The number of carbonyl (C=O) groups excluding carboxylic acids is 1. The van der Waals surface area contributed by atoms with E-state index in [1.807, 2.05) is 54.2 Å². The molecular formula is C23H26N8O. The van der Waals surface area contributed by atoms with Crippen molar-refractivity contribution in [3.63, 3.8) is 0 Å². The highest BCUT2D eigenvalue weighted by Gasteiger charge is 2.17. The minimum Gasteiger partial charge on any atom is -0.291 e. The maximum atomic E-state index is 12.3. The van der Waals surface area contributed by atoms with E-state index in [1.54, 1.807) is 0 Å². The Labute approximate surface area is 186 Å². The molecule has 0 atom stereocenters. The fourth-order valence-corrected chi connectivity index (χ4v) is 3.51. The predicted octanol–water partition coefficient (Wildman–Crippen LogP) is 3.89. The maximum Gasteiger partial charge on any atom is 0.217 e. The number of aryl methyl sites for hydroxylation is 1. The van der Waals surface area contributed by atoms with Gasteiger partial charge in [-0.1, -0.05) is 50.6 Å². The Morgan fingerprint density at radius 1 is 1.06 bits per heavy atom. The Morgan fingerprint density at radius 3 is 2.59 bits per heavy atom. The molecular weight excluding hydrogens is 404 g/mol. The van der Waals surface area contributed by atoms with Crippen LogP contribution in [0.25, 0.3) is 22.5 Å². The number of tetrazole rings is 1. The number of pyridine rings is 1.